The van der Waals surface area contributed by atoms with Crippen molar-refractivity contribution in [3.8, 4) is 0 Å². The van der Waals surface area contributed by atoms with Crippen LogP contribution in [0.1, 0.15) is 27.7 Å². The van der Waals surface area contributed by atoms with Crippen LogP contribution < -0.4 is 40.0 Å². The predicted octanol–water partition coefficient (Wildman–Crippen LogP) is -5.56. The average Bonchev–Trinajstić information content (AvgIpc) is 2.51. The number of aliphatic hydroxyl groups is 5. The van der Waals surface area contributed by atoms with E-state index in [2.05, 4.69) is 33.0 Å². The number of alkyl halides is 2. The number of carbonyl (C=O) groups is 2. The number of hydrogen-bond donors (Lipinski definition) is 7. The third-order valence-corrected chi connectivity index (χ3v) is 2.72. The second kappa shape index (κ2) is 19.6. The first-order valence-electron chi connectivity index (χ1n) is 7.49. The molecule has 0 bridgehead atoms. The van der Waals surface area contributed by atoms with E-state index in [4.69, 9.17) is 53.8 Å². The Balaban J connectivity index is -0.000000160. The molecule has 4 unspecified atom stereocenters. The van der Waals surface area contributed by atoms with Crippen LogP contribution in [0.5, 0.6) is 0 Å². The van der Waals surface area contributed by atoms with Crippen molar-refractivity contribution in [2.24, 2.45) is 0 Å². The third-order valence-electron chi connectivity index (χ3n) is 2.35. The second-order valence-corrected chi connectivity index (χ2v) is 6.71. The van der Waals surface area contributed by atoms with Crippen LogP contribution in [-0.4, -0.2) is 90.5 Å². The summed E-state index contributed by atoms with van der Waals surface area (Å²) in [5.74, 6) is -3.19. The summed E-state index contributed by atoms with van der Waals surface area (Å²) in [5, 5.41) is 64.5. The monoisotopic (exact) mass is 447 g/mol. The van der Waals surface area contributed by atoms with Gasteiger partial charge in [0.1, 0.15) is 24.4 Å². The van der Waals surface area contributed by atoms with Gasteiger partial charge in [-0.05, 0) is 0 Å². The van der Waals surface area contributed by atoms with Crippen LogP contribution in [0.15, 0.2) is 0 Å². The van der Waals surface area contributed by atoms with E-state index < -0.39 is 47.8 Å². The quantitative estimate of drug-likeness (QED) is 0.139. The Hall–Kier alpha value is 0.280. The van der Waals surface area contributed by atoms with E-state index in [1.807, 2.05) is 0 Å². The minimum absolute atomic E-state index is 0. The molecule has 0 radical (unpaired) electrons. The van der Waals surface area contributed by atoms with Crippen LogP contribution in [0.25, 0.3) is 0 Å². The van der Waals surface area contributed by atoms with Crippen LogP contribution >= 0.6 is 23.2 Å². The van der Waals surface area contributed by atoms with Gasteiger partial charge in [-0.2, -0.15) is 0 Å². The number of carbonyl (C=O) groups excluding carboxylic acids is 1. The largest absolute Gasteiger partial charge is 1.00 e. The standard InChI is InChI=1S/C6H15N.C6H12O7.C2H2Cl2O2.Na/c1-5(2)7-6(3)4;7-1-2(8)3(9)4(10)5(11)6(12)13;3-1(4)2(5)6;/h5-7H,1-4H3;2-5,7-11H,1H2,(H,12,13);1H,(H,5,6);/q;;;+1/p-1. The number of hydrogen-bond acceptors (Lipinski definition) is 9. The van der Waals surface area contributed by atoms with Crippen molar-refractivity contribution in [1.82, 2.24) is 5.32 Å². The molecule has 0 aromatic carbocycles. The molecular weight excluding hydrogens is 420 g/mol. The molecule has 0 heterocycles. The van der Waals surface area contributed by atoms with E-state index in [9.17, 15) is 14.7 Å². The van der Waals surface area contributed by atoms with Crippen molar-refractivity contribution in [2.75, 3.05) is 6.61 Å². The van der Waals surface area contributed by atoms with Gasteiger partial charge in [0.25, 0.3) is 0 Å². The van der Waals surface area contributed by atoms with Gasteiger partial charge in [0.05, 0.1) is 12.6 Å². The molecule has 0 aliphatic carbocycles. The zero-order valence-corrected chi connectivity index (χ0v) is 19.4. The molecule has 0 aliphatic rings. The van der Waals surface area contributed by atoms with E-state index in [1.54, 1.807) is 0 Å². The van der Waals surface area contributed by atoms with Gasteiger partial charge in [-0.3, -0.25) is 0 Å². The minimum Gasteiger partial charge on any atom is -0.547 e. The van der Waals surface area contributed by atoms with Crippen molar-refractivity contribution >= 4 is 35.1 Å². The van der Waals surface area contributed by atoms with E-state index >= 15 is 0 Å². The molecule has 0 aromatic heterocycles. The Morgan fingerprint density at radius 1 is 0.963 bits per heavy atom. The molecule has 4 atom stereocenters. The van der Waals surface area contributed by atoms with Gasteiger partial charge in [0.15, 0.2) is 0 Å². The average molecular weight is 448 g/mol. The molecule has 158 valence electrons. The molecule has 13 heteroatoms. The molecule has 0 aromatic rings. The molecule has 0 saturated carbocycles. The zero-order chi connectivity index (χ0) is 21.6. The van der Waals surface area contributed by atoms with Crippen LogP contribution in [0.4, 0.5) is 0 Å². The van der Waals surface area contributed by atoms with E-state index in [0.717, 1.165) is 0 Å². The van der Waals surface area contributed by atoms with Crippen LogP contribution in [-0.2, 0) is 9.59 Å². The predicted molar refractivity (Wildman–Crippen MR) is 92.7 cm³/mol. The maximum Gasteiger partial charge on any atom is 1.00 e. The number of nitrogens with one attached hydrogen (secondary N) is 1. The molecule has 7 N–H and O–H groups in total. The van der Waals surface area contributed by atoms with Crippen molar-refractivity contribution in [3.05, 3.63) is 0 Å². The van der Waals surface area contributed by atoms with Crippen molar-refractivity contribution in [1.29, 1.82) is 0 Å². The summed E-state index contributed by atoms with van der Waals surface area (Å²) in [6.07, 6.45) is -8.08. The first-order valence-corrected chi connectivity index (χ1v) is 8.37. The van der Waals surface area contributed by atoms with E-state index in [1.165, 1.54) is 0 Å². The molecule has 0 amide bonds. The maximum absolute atomic E-state index is 9.98. The van der Waals surface area contributed by atoms with Crippen LogP contribution in [0.2, 0.25) is 0 Å². The summed E-state index contributed by atoms with van der Waals surface area (Å²) in [7, 11) is 0. The third kappa shape index (κ3) is 22.4. The smallest absolute Gasteiger partial charge is 0.547 e. The summed E-state index contributed by atoms with van der Waals surface area (Å²) in [6.45, 7) is 7.75. The number of halogens is 2. The normalized spacial score (nSPS) is 14.7. The van der Waals surface area contributed by atoms with Gasteiger partial charge >= 0.3 is 35.5 Å². The fourth-order valence-corrected chi connectivity index (χ4v) is 1.33. The second-order valence-electron chi connectivity index (χ2n) is 5.61. The molecule has 0 rings (SSSR count). The Kier molecular flexibility index (Phi) is 25.2. The molecule has 27 heavy (non-hydrogen) atoms. The number of carboxylic acid groups (broad SMARTS) is 2. The first kappa shape index (κ1) is 34.8. The Bertz CT molecular complexity index is 384. The number of rotatable bonds is 8. The van der Waals surface area contributed by atoms with Crippen molar-refractivity contribution < 1.29 is 74.9 Å². The van der Waals surface area contributed by atoms with Gasteiger partial charge in [-0.25, -0.2) is 4.79 Å². The molecular formula is C14H28Cl2NNaO9. The molecule has 0 saturated heterocycles. The van der Waals surface area contributed by atoms with Gasteiger partial charge in [0.2, 0.25) is 4.84 Å². The summed E-state index contributed by atoms with van der Waals surface area (Å²) in [6, 6.07) is 1.25. The van der Waals surface area contributed by atoms with E-state index in [-0.39, 0.29) is 29.6 Å². The van der Waals surface area contributed by atoms with Gasteiger partial charge in [-0.15, -0.1) is 0 Å². The summed E-state index contributed by atoms with van der Waals surface area (Å²) >= 11 is 9.56. The van der Waals surface area contributed by atoms with Gasteiger partial charge in [0, 0.05) is 12.1 Å². The molecule has 10 nitrogen and oxygen atoms in total. The number of aliphatic carboxylic acids is 2. The number of carboxylic acids is 2. The fourth-order valence-electron chi connectivity index (χ4n) is 1.33. The van der Waals surface area contributed by atoms with Crippen molar-refractivity contribution in [2.45, 2.75) is 69.0 Å². The Labute approximate surface area is 190 Å². The Morgan fingerprint density at radius 2 is 1.30 bits per heavy atom. The Morgan fingerprint density at radius 3 is 1.44 bits per heavy atom. The molecule has 0 spiro atoms. The maximum atomic E-state index is 9.98. The molecule has 0 fully saturated rings. The molecule has 0 aliphatic heterocycles. The number of aliphatic hydroxyl groups excluding tert-OH is 5. The minimum atomic E-state index is -2.31. The topological polar surface area (TPSA) is 191 Å². The van der Waals surface area contributed by atoms with Crippen LogP contribution in [0, 0.1) is 0 Å². The van der Waals surface area contributed by atoms with Gasteiger partial charge in [-0.1, -0.05) is 50.9 Å². The SMILES string of the molecule is CC(C)NC(C)C.O=C(O)C(Cl)Cl.O=C([O-])C(O)C(O)C(O)C(O)CO.[Na+]. The summed E-state index contributed by atoms with van der Waals surface area (Å²) in [5.41, 5.74) is 0. The first-order chi connectivity index (χ1) is 11.7. The summed E-state index contributed by atoms with van der Waals surface area (Å²) in [4.78, 5) is 18.1. The zero-order valence-electron chi connectivity index (χ0n) is 15.9. The van der Waals surface area contributed by atoms with E-state index in [0.29, 0.717) is 12.1 Å². The summed E-state index contributed by atoms with van der Waals surface area (Å²) < 4.78 is 0. The fraction of sp³-hybridized carbons (Fsp3) is 0.857. The van der Waals surface area contributed by atoms with Crippen LogP contribution in [0.3, 0.4) is 0 Å². The van der Waals surface area contributed by atoms with Gasteiger partial charge < -0.3 is 45.9 Å². The van der Waals surface area contributed by atoms with Crippen molar-refractivity contribution in [3.63, 3.8) is 0 Å².